The Bertz CT molecular complexity index is 821. The molecule has 3 amide bonds. The van der Waals surface area contributed by atoms with Crippen LogP contribution >= 0.6 is 0 Å². The molecule has 1 aromatic heterocycles. The van der Waals surface area contributed by atoms with Gasteiger partial charge in [0.1, 0.15) is 0 Å². The normalized spacial score (nSPS) is 15.9. The van der Waals surface area contributed by atoms with Crippen molar-refractivity contribution >= 4 is 23.4 Å². The Morgan fingerprint density at radius 2 is 1.89 bits per heavy atom. The molecule has 0 spiro atoms. The summed E-state index contributed by atoms with van der Waals surface area (Å²) in [5, 5.41) is 5.76. The van der Waals surface area contributed by atoms with Gasteiger partial charge in [0.2, 0.25) is 5.91 Å². The molecule has 1 atom stereocenters. The van der Waals surface area contributed by atoms with Crippen molar-refractivity contribution in [1.29, 1.82) is 0 Å². The van der Waals surface area contributed by atoms with Crippen LogP contribution in [0.15, 0.2) is 48.8 Å². The van der Waals surface area contributed by atoms with Crippen LogP contribution in [0.25, 0.3) is 0 Å². The first-order chi connectivity index (χ1) is 13.0. The summed E-state index contributed by atoms with van der Waals surface area (Å²) in [6.07, 6.45) is 4.57. The maximum absolute atomic E-state index is 12.8. The standard InChI is InChI=1S/C20H22N4O3/c1-14(25)16-2-4-17(5-3-16)23-20(27)24(12-15-8-10-21-11-9-15)13-18-6-7-19(26)22-18/h2-5,8-11,18H,6-7,12-13H2,1H3,(H,22,26)(H,23,27)/t18-/m0/s1. The molecule has 2 heterocycles. The maximum atomic E-state index is 12.8. The fraction of sp³-hybridized carbons (Fsp3) is 0.300. The van der Waals surface area contributed by atoms with Gasteiger partial charge in [0.25, 0.3) is 0 Å². The van der Waals surface area contributed by atoms with E-state index >= 15 is 0 Å². The number of hydrogen-bond donors (Lipinski definition) is 2. The first-order valence-electron chi connectivity index (χ1n) is 8.86. The topological polar surface area (TPSA) is 91.4 Å². The molecule has 0 radical (unpaired) electrons. The molecule has 1 saturated heterocycles. The van der Waals surface area contributed by atoms with Gasteiger partial charge in [-0.3, -0.25) is 14.6 Å². The van der Waals surface area contributed by atoms with E-state index in [0.717, 1.165) is 5.56 Å². The molecule has 1 aliphatic rings. The van der Waals surface area contributed by atoms with Crippen LogP contribution in [0.3, 0.4) is 0 Å². The van der Waals surface area contributed by atoms with Gasteiger partial charge < -0.3 is 15.5 Å². The summed E-state index contributed by atoms with van der Waals surface area (Å²) in [7, 11) is 0. The lowest BCUT2D eigenvalue weighted by atomic mass is 10.1. The Morgan fingerprint density at radius 1 is 1.19 bits per heavy atom. The molecule has 0 unspecified atom stereocenters. The first-order valence-corrected chi connectivity index (χ1v) is 8.86. The third-order valence-electron chi connectivity index (χ3n) is 4.48. The summed E-state index contributed by atoms with van der Waals surface area (Å²) in [6.45, 7) is 2.33. The van der Waals surface area contributed by atoms with Crippen molar-refractivity contribution in [3.05, 3.63) is 59.9 Å². The van der Waals surface area contributed by atoms with Crippen molar-refractivity contribution in [1.82, 2.24) is 15.2 Å². The Kier molecular flexibility index (Phi) is 5.80. The number of pyridine rings is 1. The van der Waals surface area contributed by atoms with E-state index in [-0.39, 0.29) is 23.8 Å². The summed E-state index contributed by atoms with van der Waals surface area (Å²) >= 11 is 0. The summed E-state index contributed by atoms with van der Waals surface area (Å²) < 4.78 is 0. The van der Waals surface area contributed by atoms with Crippen molar-refractivity contribution in [3.8, 4) is 0 Å². The number of nitrogens with zero attached hydrogens (tertiary/aromatic N) is 2. The Hall–Kier alpha value is -3.22. The number of anilines is 1. The molecule has 27 heavy (non-hydrogen) atoms. The lowest BCUT2D eigenvalue weighted by molar-refractivity contribution is -0.119. The lowest BCUT2D eigenvalue weighted by Crippen LogP contribution is -2.43. The second kappa shape index (κ2) is 8.44. The van der Waals surface area contributed by atoms with Crippen LogP contribution in [0.5, 0.6) is 0 Å². The van der Waals surface area contributed by atoms with E-state index in [4.69, 9.17) is 0 Å². The molecule has 0 aliphatic carbocycles. The molecule has 3 rings (SSSR count). The highest BCUT2D eigenvalue weighted by Crippen LogP contribution is 2.15. The van der Waals surface area contributed by atoms with Crippen LogP contribution in [0.1, 0.15) is 35.7 Å². The third-order valence-corrected chi connectivity index (χ3v) is 4.48. The molecule has 7 heteroatoms. The average molecular weight is 366 g/mol. The Balaban J connectivity index is 1.70. The quantitative estimate of drug-likeness (QED) is 0.769. The largest absolute Gasteiger partial charge is 0.352 e. The Labute approximate surface area is 157 Å². The maximum Gasteiger partial charge on any atom is 0.322 e. The van der Waals surface area contributed by atoms with Crippen molar-refractivity contribution < 1.29 is 14.4 Å². The predicted octanol–water partition coefficient (Wildman–Crippen LogP) is 2.60. The van der Waals surface area contributed by atoms with E-state index in [0.29, 0.717) is 37.2 Å². The zero-order valence-electron chi connectivity index (χ0n) is 15.1. The third kappa shape index (κ3) is 5.13. The predicted molar refractivity (Wildman–Crippen MR) is 101 cm³/mol. The highest BCUT2D eigenvalue weighted by molar-refractivity contribution is 5.95. The van der Waals surface area contributed by atoms with E-state index in [2.05, 4.69) is 15.6 Å². The van der Waals surface area contributed by atoms with Crippen LogP contribution in [0.4, 0.5) is 10.5 Å². The van der Waals surface area contributed by atoms with Gasteiger partial charge in [-0.2, -0.15) is 0 Å². The van der Waals surface area contributed by atoms with E-state index in [1.165, 1.54) is 6.92 Å². The zero-order chi connectivity index (χ0) is 19.2. The van der Waals surface area contributed by atoms with Gasteiger partial charge in [0.05, 0.1) is 0 Å². The van der Waals surface area contributed by atoms with Crippen LogP contribution in [-0.2, 0) is 11.3 Å². The molecule has 1 aliphatic heterocycles. The average Bonchev–Trinajstić information content (AvgIpc) is 3.07. The van der Waals surface area contributed by atoms with E-state index in [1.807, 2.05) is 12.1 Å². The van der Waals surface area contributed by atoms with Crippen LogP contribution in [0.2, 0.25) is 0 Å². The van der Waals surface area contributed by atoms with Gasteiger partial charge in [-0.05, 0) is 55.3 Å². The molecular weight excluding hydrogens is 344 g/mol. The summed E-state index contributed by atoms with van der Waals surface area (Å²) in [6, 6.07) is 10.2. The summed E-state index contributed by atoms with van der Waals surface area (Å²) in [5.41, 5.74) is 2.16. The molecule has 0 saturated carbocycles. The van der Waals surface area contributed by atoms with Crippen molar-refractivity contribution in [2.75, 3.05) is 11.9 Å². The van der Waals surface area contributed by atoms with Gasteiger partial charge in [-0.25, -0.2) is 4.79 Å². The number of Topliss-reactive ketones (excluding diaryl/α,β-unsaturated/α-hetero) is 1. The second-order valence-electron chi connectivity index (χ2n) is 6.60. The number of hydrogen-bond acceptors (Lipinski definition) is 4. The number of aromatic nitrogens is 1. The molecule has 0 bridgehead atoms. The van der Waals surface area contributed by atoms with Crippen LogP contribution < -0.4 is 10.6 Å². The fourth-order valence-corrected chi connectivity index (χ4v) is 3.00. The number of carbonyl (C=O) groups excluding carboxylic acids is 3. The number of ketones is 1. The van der Waals surface area contributed by atoms with Gasteiger partial charge >= 0.3 is 6.03 Å². The molecule has 2 N–H and O–H groups in total. The van der Waals surface area contributed by atoms with Crippen molar-refractivity contribution in [3.63, 3.8) is 0 Å². The SMILES string of the molecule is CC(=O)c1ccc(NC(=O)N(Cc2ccncc2)C[C@@H]2CCC(=O)N2)cc1. The van der Waals surface area contributed by atoms with Crippen LogP contribution in [0, 0.1) is 0 Å². The molecule has 7 nitrogen and oxygen atoms in total. The number of nitrogens with one attached hydrogen (secondary N) is 2. The summed E-state index contributed by atoms with van der Waals surface area (Å²) in [4.78, 5) is 41.3. The first kappa shape index (κ1) is 18.6. The number of rotatable bonds is 6. The highest BCUT2D eigenvalue weighted by Gasteiger charge is 2.25. The zero-order valence-corrected chi connectivity index (χ0v) is 15.1. The van der Waals surface area contributed by atoms with Gasteiger partial charge in [-0.15, -0.1) is 0 Å². The minimum atomic E-state index is -0.261. The molecule has 140 valence electrons. The highest BCUT2D eigenvalue weighted by atomic mass is 16.2. The number of carbonyl (C=O) groups is 3. The summed E-state index contributed by atoms with van der Waals surface area (Å²) in [5.74, 6) is -0.00624. The smallest absolute Gasteiger partial charge is 0.322 e. The fourth-order valence-electron chi connectivity index (χ4n) is 3.00. The van der Waals surface area contributed by atoms with Crippen molar-refractivity contribution in [2.24, 2.45) is 0 Å². The second-order valence-corrected chi connectivity index (χ2v) is 6.60. The van der Waals surface area contributed by atoms with E-state index in [1.54, 1.807) is 41.6 Å². The minimum absolute atomic E-state index is 0.0177. The lowest BCUT2D eigenvalue weighted by Gasteiger charge is -2.26. The molecule has 2 aromatic rings. The van der Waals surface area contributed by atoms with E-state index < -0.39 is 0 Å². The van der Waals surface area contributed by atoms with Gasteiger partial charge in [-0.1, -0.05) is 0 Å². The number of amides is 3. The molecular formula is C20H22N4O3. The van der Waals surface area contributed by atoms with Gasteiger partial charge in [0, 0.05) is 49.2 Å². The monoisotopic (exact) mass is 366 g/mol. The van der Waals surface area contributed by atoms with Gasteiger partial charge in [0.15, 0.2) is 5.78 Å². The molecule has 1 fully saturated rings. The minimum Gasteiger partial charge on any atom is -0.352 e. The van der Waals surface area contributed by atoms with E-state index in [9.17, 15) is 14.4 Å². The molecule has 1 aromatic carbocycles. The number of urea groups is 1. The van der Waals surface area contributed by atoms with Crippen LogP contribution in [-0.4, -0.2) is 40.2 Å². The number of benzene rings is 1. The Morgan fingerprint density at radius 3 is 2.48 bits per heavy atom. The van der Waals surface area contributed by atoms with Crippen molar-refractivity contribution in [2.45, 2.75) is 32.4 Å².